The Morgan fingerprint density at radius 2 is 2.05 bits per heavy atom. The maximum Gasteiger partial charge on any atom is 0.254 e. The third-order valence-electron chi connectivity index (χ3n) is 4.32. The molecular formula is C16H24N2O2. The molecule has 20 heavy (non-hydrogen) atoms. The number of piperidine rings is 1. The van der Waals surface area contributed by atoms with Gasteiger partial charge in [-0.2, -0.15) is 0 Å². The fourth-order valence-electron chi connectivity index (χ4n) is 2.79. The van der Waals surface area contributed by atoms with Crippen molar-refractivity contribution in [1.29, 1.82) is 0 Å². The van der Waals surface area contributed by atoms with Crippen LogP contribution in [0.15, 0.2) is 12.1 Å². The van der Waals surface area contributed by atoms with Crippen LogP contribution >= 0.6 is 0 Å². The van der Waals surface area contributed by atoms with Crippen molar-refractivity contribution in [2.45, 2.75) is 33.3 Å². The summed E-state index contributed by atoms with van der Waals surface area (Å²) in [6.45, 7) is 7.53. The minimum Gasteiger partial charge on any atom is -0.398 e. The first-order valence-corrected chi connectivity index (χ1v) is 7.12. The summed E-state index contributed by atoms with van der Waals surface area (Å²) in [6.07, 6.45) is 1.10. The summed E-state index contributed by atoms with van der Waals surface area (Å²) in [4.78, 5) is 14.5. The van der Waals surface area contributed by atoms with Crippen LogP contribution in [0.2, 0.25) is 0 Å². The SMILES string of the molecule is COC1CN(C(=O)c2cc(N)c(C)cc2C)CCC1C. The molecule has 0 radical (unpaired) electrons. The predicted molar refractivity (Wildman–Crippen MR) is 80.8 cm³/mol. The molecule has 1 amide bonds. The Bertz CT molecular complexity index is 513. The van der Waals surface area contributed by atoms with Crippen molar-refractivity contribution in [2.75, 3.05) is 25.9 Å². The Balaban J connectivity index is 2.21. The zero-order valence-electron chi connectivity index (χ0n) is 12.8. The molecule has 0 aromatic heterocycles. The molecule has 2 unspecified atom stereocenters. The first-order chi connectivity index (χ1) is 9.43. The number of benzene rings is 1. The summed E-state index contributed by atoms with van der Waals surface area (Å²) in [5.74, 6) is 0.552. The van der Waals surface area contributed by atoms with E-state index >= 15 is 0 Å². The molecule has 4 nitrogen and oxygen atoms in total. The standard InChI is InChI=1S/C16H24N2O2/c1-10-5-6-18(9-15(10)20-4)16(19)13-8-14(17)12(3)7-11(13)2/h7-8,10,15H,5-6,9,17H2,1-4H3. The van der Waals surface area contributed by atoms with E-state index in [1.165, 1.54) is 0 Å². The van der Waals surface area contributed by atoms with Gasteiger partial charge >= 0.3 is 0 Å². The van der Waals surface area contributed by atoms with Gasteiger partial charge in [-0.1, -0.05) is 13.0 Å². The minimum atomic E-state index is 0.0585. The van der Waals surface area contributed by atoms with Gasteiger partial charge in [-0.25, -0.2) is 0 Å². The van der Waals surface area contributed by atoms with Crippen LogP contribution < -0.4 is 5.73 Å². The molecule has 2 N–H and O–H groups in total. The van der Waals surface area contributed by atoms with Gasteiger partial charge in [0.25, 0.3) is 5.91 Å². The number of hydrogen-bond acceptors (Lipinski definition) is 3. The number of nitrogens with zero attached hydrogens (tertiary/aromatic N) is 1. The highest BCUT2D eigenvalue weighted by Gasteiger charge is 2.29. The van der Waals surface area contributed by atoms with E-state index in [1.807, 2.05) is 24.8 Å². The Kier molecular flexibility index (Phi) is 4.33. The Hall–Kier alpha value is -1.55. The normalized spacial score (nSPS) is 22.9. The lowest BCUT2D eigenvalue weighted by Gasteiger charge is -2.36. The van der Waals surface area contributed by atoms with E-state index in [0.29, 0.717) is 23.7 Å². The van der Waals surface area contributed by atoms with E-state index in [-0.39, 0.29) is 12.0 Å². The highest BCUT2D eigenvalue weighted by molar-refractivity contribution is 5.96. The maximum atomic E-state index is 12.7. The van der Waals surface area contributed by atoms with Gasteiger partial charge in [-0.15, -0.1) is 0 Å². The lowest BCUT2D eigenvalue weighted by Crippen LogP contribution is -2.46. The predicted octanol–water partition coefficient (Wildman–Crippen LogP) is 2.38. The van der Waals surface area contributed by atoms with Crippen molar-refractivity contribution in [2.24, 2.45) is 5.92 Å². The molecule has 1 heterocycles. The average Bonchev–Trinajstić information content (AvgIpc) is 2.42. The van der Waals surface area contributed by atoms with Gasteiger partial charge in [0.05, 0.1) is 6.10 Å². The highest BCUT2D eigenvalue weighted by atomic mass is 16.5. The second-order valence-electron chi connectivity index (χ2n) is 5.81. The van der Waals surface area contributed by atoms with Crippen molar-refractivity contribution in [3.8, 4) is 0 Å². The van der Waals surface area contributed by atoms with Crippen LogP contribution in [-0.2, 0) is 4.74 Å². The van der Waals surface area contributed by atoms with E-state index in [4.69, 9.17) is 10.5 Å². The highest BCUT2D eigenvalue weighted by Crippen LogP contribution is 2.24. The van der Waals surface area contributed by atoms with E-state index in [0.717, 1.165) is 24.1 Å². The van der Waals surface area contributed by atoms with Crippen molar-refractivity contribution in [1.82, 2.24) is 4.90 Å². The van der Waals surface area contributed by atoms with Crippen LogP contribution in [0.3, 0.4) is 0 Å². The topological polar surface area (TPSA) is 55.6 Å². The second kappa shape index (κ2) is 5.83. The van der Waals surface area contributed by atoms with Crippen molar-refractivity contribution >= 4 is 11.6 Å². The van der Waals surface area contributed by atoms with E-state index in [2.05, 4.69) is 6.92 Å². The van der Waals surface area contributed by atoms with Gasteiger partial charge < -0.3 is 15.4 Å². The molecule has 1 aliphatic heterocycles. The number of hydrogen-bond donors (Lipinski definition) is 1. The largest absolute Gasteiger partial charge is 0.398 e. The zero-order chi connectivity index (χ0) is 14.9. The van der Waals surface area contributed by atoms with Crippen LogP contribution in [0.5, 0.6) is 0 Å². The molecule has 1 aromatic carbocycles. The lowest BCUT2D eigenvalue weighted by molar-refractivity contribution is -0.00159. The molecular weight excluding hydrogens is 252 g/mol. The molecule has 0 bridgehead atoms. The number of nitrogen functional groups attached to an aromatic ring is 1. The van der Waals surface area contributed by atoms with E-state index in [9.17, 15) is 4.79 Å². The molecule has 1 saturated heterocycles. The Labute approximate surface area is 120 Å². The number of anilines is 1. The Morgan fingerprint density at radius 1 is 1.35 bits per heavy atom. The summed E-state index contributed by atoms with van der Waals surface area (Å²) in [5.41, 5.74) is 9.31. The molecule has 0 saturated carbocycles. The molecule has 1 aliphatic rings. The van der Waals surface area contributed by atoms with E-state index < -0.39 is 0 Å². The maximum absolute atomic E-state index is 12.7. The molecule has 1 fully saturated rings. The number of methoxy groups -OCH3 is 1. The molecule has 0 spiro atoms. The number of likely N-dealkylation sites (tertiary alicyclic amines) is 1. The number of ether oxygens (including phenoxy) is 1. The molecule has 2 atom stereocenters. The summed E-state index contributed by atoms with van der Waals surface area (Å²) < 4.78 is 5.47. The van der Waals surface area contributed by atoms with E-state index in [1.54, 1.807) is 13.2 Å². The molecule has 110 valence electrons. The summed E-state index contributed by atoms with van der Waals surface area (Å²) >= 11 is 0. The van der Waals surface area contributed by atoms with Gasteiger partial charge in [0, 0.05) is 31.5 Å². The number of rotatable bonds is 2. The molecule has 4 heteroatoms. The van der Waals surface area contributed by atoms with Crippen LogP contribution in [0.1, 0.15) is 34.8 Å². The summed E-state index contributed by atoms with van der Waals surface area (Å²) in [7, 11) is 1.71. The smallest absolute Gasteiger partial charge is 0.254 e. The Morgan fingerprint density at radius 3 is 2.70 bits per heavy atom. The summed E-state index contributed by atoms with van der Waals surface area (Å²) in [5, 5.41) is 0. The monoisotopic (exact) mass is 276 g/mol. The molecule has 2 rings (SSSR count). The quantitative estimate of drug-likeness (QED) is 0.844. The van der Waals surface area contributed by atoms with Crippen LogP contribution in [0.25, 0.3) is 0 Å². The van der Waals surface area contributed by atoms with Crippen molar-refractivity contribution in [3.63, 3.8) is 0 Å². The minimum absolute atomic E-state index is 0.0585. The van der Waals surface area contributed by atoms with Crippen LogP contribution in [-0.4, -0.2) is 37.1 Å². The number of nitrogens with two attached hydrogens (primary N) is 1. The first-order valence-electron chi connectivity index (χ1n) is 7.12. The first kappa shape index (κ1) is 14.9. The van der Waals surface area contributed by atoms with Crippen molar-refractivity contribution < 1.29 is 9.53 Å². The molecule has 0 aliphatic carbocycles. The third kappa shape index (κ3) is 2.80. The summed E-state index contributed by atoms with van der Waals surface area (Å²) in [6, 6.07) is 3.77. The lowest BCUT2D eigenvalue weighted by atomic mass is 9.94. The van der Waals surface area contributed by atoms with Crippen LogP contribution in [0.4, 0.5) is 5.69 Å². The molecule has 1 aromatic rings. The van der Waals surface area contributed by atoms with Crippen LogP contribution in [0, 0.1) is 19.8 Å². The number of aryl methyl sites for hydroxylation is 2. The fraction of sp³-hybridized carbons (Fsp3) is 0.562. The number of carbonyl (C=O) groups is 1. The average molecular weight is 276 g/mol. The second-order valence-corrected chi connectivity index (χ2v) is 5.81. The van der Waals surface area contributed by atoms with Gasteiger partial charge in [0.1, 0.15) is 0 Å². The van der Waals surface area contributed by atoms with Gasteiger partial charge in [-0.05, 0) is 43.4 Å². The third-order valence-corrected chi connectivity index (χ3v) is 4.32. The number of carbonyl (C=O) groups excluding carboxylic acids is 1. The fourth-order valence-corrected chi connectivity index (χ4v) is 2.79. The van der Waals surface area contributed by atoms with Gasteiger partial charge in [0.15, 0.2) is 0 Å². The van der Waals surface area contributed by atoms with Gasteiger partial charge in [-0.3, -0.25) is 4.79 Å². The number of amides is 1. The zero-order valence-corrected chi connectivity index (χ0v) is 12.8. The van der Waals surface area contributed by atoms with Crippen molar-refractivity contribution in [3.05, 3.63) is 28.8 Å². The van der Waals surface area contributed by atoms with Gasteiger partial charge in [0.2, 0.25) is 0 Å².